The van der Waals surface area contributed by atoms with Crippen LogP contribution in [-0.2, 0) is 6.42 Å². The zero-order valence-corrected chi connectivity index (χ0v) is 12.2. The summed E-state index contributed by atoms with van der Waals surface area (Å²) in [5, 5.41) is 4.95. The van der Waals surface area contributed by atoms with Crippen molar-refractivity contribution in [2.75, 3.05) is 12.4 Å². The quantitative estimate of drug-likeness (QED) is 0.892. The van der Waals surface area contributed by atoms with Gasteiger partial charge in [0.25, 0.3) is 0 Å². The molecule has 0 saturated carbocycles. The van der Waals surface area contributed by atoms with Crippen molar-refractivity contribution in [2.24, 2.45) is 0 Å². The van der Waals surface area contributed by atoms with Crippen molar-refractivity contribution in [3.8, 4) is 0 Å². The van der Waals surface area contributed by atoms with E-state index >= 15 is 0 Å². The number of benzene rings is 1. The highest BCUT2D eigenvalue weighted by Gasteiger charge is 2.08. The van der Waals surface area contributed by atoms with Crippen LogP contribution in [0.15, 0.2) is 22.7 Å². The molecule has 90 valence electrons. The zero-order chi connectivity index (χ0) is 12.4. The molecular weight excluding hydrogens is 300 g/mol. The second-order valence-corrected chi connectivity index (χ2v) is 5.25. The predicted octanol–water partition coefficient (Wildman–Crippen LogP) is 4.64. The number of hydrogen-bond donors (Lipinski definition) is 1. The molecule has 0 spiro atoms. The molecule has 0 radical (unpaired) electrons. The number of hydrogen-bond acceptors (Lipinski definition) is 2. The average molecular weight is 314 g/mol. The Morgan fingerprint density at radius 2 is 2.12 bits per heavy atom. The van der Waals surface area contributed by atoms with E-state index in [1.165, 1.54) is 5.56 Å². The molecule has 0 aliphatic heterocycles. The lowest BCUT2D eigenvalue weighted by Gasteiger charge is -2.10. The SMILES string of the molecule is CCCc1cc2cc(Cl)cc(Br)c2nc1NC. The molecule has 2 rings (SSSR count). The lowest BCUT2D eigenvalue weighted by molar-refractivity contribution is 0.919. The molecule has 0 fully saturated rings. The fourth-order valence-electron chi connectivity index (χ4n) is 1.93. The molecule has 4 heteroatoms. The number of rotatable bonds is 3. The van der Waals surface area contributed by atoms with Crippen molar-refractivity contribution in [1.82, 2.24) is 4.98 Å². The van der Waals surface area contributed by atoms with Gasteiger partial charge in [-0.15, -0.1) is 0 Å². The van der Waals surface area contributed by atoms with Crippen LogP contribution < -0.4 is 5.32 Å². The molecule has 0 aliphatic carbocycles. The van der Waals surface area contributed by atoms with E-state index in [4.69, 9.17) is 11.6 Å². The Morgan fingerprint density at radius 3 is 2.76 bits per heavy atom. The third-order valence-corrected chi connectivity index (χ3v) is 3.49. The van der Waals surface area contributed by atoms with Gasteiger partial charge < -0.3 is 5.32 Å². The molecule has 17 heavy (non-hydrogen) atoms. The number of fused-ring (bicyclic) bond motifs is 1. The molecule has 0 saturated heterocycles. The van der Waals surface area contributed by atoms with Crippen molar-refractivity contribution in [3.05, 3.63) is 33.3 Å². The van der Waals surface area contributed by atoms with Gasteiger partial charge in [-0.3, -0.25) is 0 Å². The van der Waals surface area contributed by atoms with Crippen molar-refractivity contribution < 1.29 is 0 Å². The van der Waals surface area contributed by atoms with Crippen molar-refractivity contribution in [1.29, 1.82) is 0 Å². The molecule has 0 atom stereocenters. The maximum absolute atomic E-state index is 6.05. The van der Waals surface area contributed by atoms with Crippen LogP contribution in [0.1, 0.15) is 18.9 Å². The smallest absolute Gasteiger partial charge is 0.129 e. The normalized spacial score (nSPS) is 10.8. The first kappa shape index (κ1) is 12.7. The zero-order valence-electron chi connectivity index (χ0n) is 9.85. The Hall–Kier alpha value is -0.800. The summed E-state index contributed by atoms with van der Waals surface area (Å²) in [5.41, 5.74) is 2.18. The van der Waals surface area contributed by atoms with Crippen molar-refractivity contribution >= 4 is 44.3 Å². The van der Waals surface area contributed by atoms with Gasteiger partial charge in [-0.05, 0) is 46.1 Å². The van der Waals surface area contributed by atoms with Gasteiger partial charge in [-0.25, -0.2) is 4.98 Å². The molecule has 2 nitrogen and oxygen atoms in total. The largest absolute Gasteiger partial charge is 0.373 e. The summed E-state index contributed by atoms with van der Waals surface area (Å²) in [5.74, 6) is 0.947. The van der Waals surface area contributed by atoms with Crippen LogP contribution in [0.5, 0.6) is 0 Å². The number of nitrogens with zero attached hydrogens (tertiary/aromatic N) is 1. The summed E-state index contributed by atoms with van der Waals surface area (Å²) >= 11 is 9.55. The van der Waals surface area contributed by atoms with Crippen LogP contribution in [0.25, 0.3) is 10.9 Å². The monoisotopic (exact) mass is 312 g/mol. The van der Waals surface area contributed by atoms with E-state index < -0.39 is 0 Å². The Bertz CT molecular complexity index is 555. The first-order valence-electron chi connectivity index (χ1n) is 5.62. The minimum absolute atomic E-state index is 0.728. The summed E-state index contributed by atoms with van der Waals surface area (Å²) in [4.78, 5) is 4.64. The highest BCUT2D eigenvalue weighted by molar-refractivity contribution is 9.10. The first-order valence-corrected chi connectivity index (χ1v) is 6.79. The molecule has 1 heterocycles. The number of anilines is 1. The molecule has 1 N–H and O–H groups in total. The molecule has 0 unspecified atom stereocenters. The maximum atomic E-state index is 6.05. The van der Waals surface area contributed by atoms with Gasteiger partial charge in [-0.2, -0.15) is 0 Å². The summed E-state index contributed by atoms with van der Waals surface area (Å²) in [7, 11) is 1.90. The minimum Gasteiger partial charge on any atom is -0.373 e. The number of pyridine rings is 1. The van der Waals surface area contributed by atoms with E-state index in [1.54, 1.807) is 0 Å². The second kappa shape index (κ2) is 5.23. The Morgan fingerprint density at radius 1 is 1.35 bits per heavy atom. The van der Waals surface area contributed by atoms with Crippen molar-refractivity contribution in [2.45, 2.75) is 19.8 Å². The molecule has 1 aromatic heterocycles. The number of halogens is 2. The minimum atomic E-state index is 0.728. The Labute approximate surface area is 115 Å². The van der Waals surface area contributed by atoms with Gasteiger partial charge in [0.1, 0.15) is 5.82 Å². The standard InChI is InChI=1S/C13H14BrClN2/c1-3-4-8-5-9-6-10(15)7-11(14)12(9)17-13(8)16-2/h5-7H,3-4H2,1-2H3,(H,16,17). The van der Waals surface area contributed by atoms with E-state index in [-0.39, 0.29) is 0 Å². The first-order chi connectivity index (χ1) is 8.15. The van der Waals surface area contributed by atoms with Gasteiger partial charge >= 0.3 is 0 Å². The maximum Gasteiger partial charge on any atom is 0.129 e. The lowest BCUT2D eigenvalue weighted by Crippen LogP contribution is -1.99. The van der Waals surface area contributed by atoms with Gasteiger partial charge in [0.05, 0.1) is 5.52 Å². The number of aryl methyl sites for hydroxylation is 1. The highest BCUT2D eigenvalue weighted by Crippen LogP contribution is 2.30. The Kier molecular flexibility index (Phi) is 3.89. The van der Waals surface area contributed by atoms with Crippen LogP contribution >= 0.6 is 27.5 Å². The van der Waals surface area contributed by atoms with Crippen LogP contribution in [0.2, 0.25) is 5.02 Å². The molecule has 0 amide bonds. The summed E-state index contributed by atoms with van der Waals surface area (Å²) in [6.45, 7) is 2.16. The second-order valence-electron chi connectivity index (χ2n) is 3.96. The molecular formula is C13H14BrClN2. The van der Waals surface area contributed by atoms with Crippen LogP contribution in [0, 0.1) is 0 Å². The fraction of sp³-hybridized carbons (Fsp3) is 0.308. The number of nitrogens with one attached hydrogen (secondary N) is 1. The number of aromatic nitrogens is 1. The van der Waals surface area contributed by atoms with Gasteiger partial charge in [-0.1, -0.05) is 24.9 Å². The van der Waals surface area contributed by atoms with Gasteiger partial charge in [0, 0.05) is 21.9 Å². The van der Waals surface area contributed by atoms with E-state index in [9.17, 15) is 0 Å². The molecule has 2 aromatic rings. The third kappa shape index (κ3) is 2.55. The fourth-order valence-corrected chi connectivity index (χ4v) is 2.85. The van der Waals surface area contributed by atoms with E-state index in [0.717, 1.165) is 39.1 Å². The van der Waals surface area contributed by atoms with Crippen molar-refractivity contribution in [3.63, 3.8) is 0 Å². The summed E-state index contributed by atoms with van der Waals surface area (Å²) in [6, 6.07) is 5.98. The van der Waals surface area contributed by atoms with Crippen LogP contribution in [0.4, 0.5) is 5.82 Å². The summed E-state index contributed by atoms with van der Waals surface area (Å²) in [6.07, 6.45) is 2.12. The molecule has 0 bridgehead atoms. The summed E-state index contributed by atoms with van der Waals surface area (Å²) < 4.78 is 0.930. The van der Waals surface area contributed by atoms with Crippen LogP contribution in [0.3, 0.4) is 0 Å². The van der Waals surface area contributed by atoms with E-state index in [2.05, 4.69) is 39.2 Å². The van der Waals surface area contributed by atoms with Crippen LogP contribution in [-0.4, -0.2) is 12.0 Å². The highest BCUT2D eigenvalue weighted by atomic mass is 79.9. The third-order valence-electron chi connectivity index (χ3n) is 2.67. The average Bonchev–Trinajstić information content (AvgIpc) is 2.28. The van der Waals surface area contributed by atoms with Gasteiger partial charge in [0.2, 0.25) is 0 Å². The van der Waals surface area contributed by atoms with E-state index in [0.29, 0.717) is 0 Å². The van der Waals surface area contributed by atoms with Gasteiger partial charge in [0.15, 0.2) is 0 Å². The van der Waals surface area contributed by atoms with E-state index in [1.807, 2.05) is 19.2 Å². The predicted molar refractivity (Wildman–Crippen MR) is 78.0 cm³/mol. The Balaban J connectivity index is 2.69. The lowest BCUT2D eigenvalue weighted by atomic mass is 10.1. The topological polar surface area (TPSA) is 24.9 Å². The molecule has 0 aliphatic rings. The molecule has 1 aromatic carbocycles.